The van der Waals surface area contributed by atoms with E-state index in [2.05, 4.69) is 5.32 Å². The van der Waals surface area contributed by atoms with Gasteiger partial charge in [-0.05, 0) is 42.8 Å². The monoisotopic (exact) mass is 438 g/mol. The highest BCUT2D eigenvalue weighted by Gasteiger charge is 2.33. The number of nitrogens with zero attached hydrogens (tertiary/aromatic N) is 1. The van der Waals surface area contributed by atoms with E-state index in [0.717, 1.165) is 19.3 Å². The van der Waals surface area contributed by atoms with Gasteiger partial charge >= 0.3 is 0 Å². The molecule has 0 aliphatic carbocycles. The molecule has 0 saturated carbocycles. The van der Waals surface area contributed by atoms with Gasteiger partial charge in [0.2, 0.25) is 0 Å². The number of thiophene rings is 1. The Morgan fingerprint density at radius 1 is 1.24 bits per heavy atom. The normalized spacial score (nSPS) is 17.6. The smallest absolute Gasteiger partial charge is 0.257 e. The highest BCUT2D eigenvalue weighted by Crippen LogP contribution is 2.29. The van der Waals surface area contributed by atoms with Crippen LogP contribution in [0, 0.1) is 0 Å². The first-order chi connectivity index (χ1) is 14.0. The maximum Gasteiger partial charge on any atom is 0.257 e. The van der Waals surface area contributed by atoms with E-state index in [1.807, 2.05) is 0 Å². The fourth-order valence-electron chi connectivity index (χ4n) is 3.37. The fraction of sp³-hybridized carbons (Fsp3) is 0.450. The predicted molar refractivity (Wildman–Crippen MR) is 112 cm³/mol. The van der Waals surface area contributed by atoms with Crippen LogP contribution < -0.4 is 14.8 Å². The molecule has 1 fully saturated rings. The van der Waals surface area contributed by atoms with Crippen LogP contribution in [0.1, 0.15) is 25.7 Å². The zero-order chi connectivity index (χ0) is 20.7. The Kier molecular flexibility index (Phi) is 7.51. The molecule has 1 saturated heterocycles. The van der Waals surface area contributed by atoms with Crippen molar-refractivity contribution in [3.63, 3.8) is 0 Å². The molecule has 1 aliphatic heterocycles. The first-order valence-corrected chi connectivity index (χ1v) is 11.9. The van der Waals surface area contributed by atoms with Crippen LogP contribution in [0.15, 0.2) is 46.0 Å². The van der Waals surface area contributed by atoms with Crippen molar-refractivity contribution >= 4 is 27.3 Å². The van der Waals surface area contributed by atoms with Gasteiger partial charge < -0.3 is 14.8 Å². The number of ether oxygens (including phenoxy) is 2. The van der Waals surface area contributed by atoms with Crippen molar-refractivity contribution in [1.29, 1.82) is 0 Å². The van der Waals surface area contributed by atoms with Gasteiger partial charge in [-0.2, -0.15) is 4.31 Å². The van der Waals surface area contributed by atoms with E-state index >= 15 is 0 Å². The number of hydrogen-bond donors (Lipinski definition) is 1. The number of hydrogen-bond acceptors (Lipinski definition) is 6. The van der Waals surface area contributed by atoms with Crippen molar-refractivity contribution in [2.45, 2.75) is 35.9 Å². The van der Waals surface area contributed by atoms with Crippen LogP contribution in [0.25, 0.3) is 0 Å². The summed E-state index contributed by atoms with van der Waals surface area (Å²) in [7, 11) is -1.90. The van der Waals surface area contributed by atoms with Gasteiger partial charge in [0.05, 0.1) is 7.11 Å². The van der Waals surface area contributed by atoms with Gasteiger partial charge in [-0.3, -0.25) is 4.79 Å². The summed E-state index contributed by atoms with van der Waals surface area (Å²) in [6, 6.07) is 10.3. The van der Waals surface area contributed by atoms with Crippen LogP contribution in [-0.2, 0) is 14.8 Å². The summed E-state index contributed by atoms with van der Waals surface area (Å²) in [6.07, 6.45) is 3.24. The summed E-state index contributed by atoms with van der Waals surface area (Å²) < 4.78 is 38.4. The first kappa shape index (κ1) is 21.6. The molecule has 2 heterocycles. The largest absolute Gasteiger partial charge is 0.497 e. The third-order valence-electron chi connectivity index (χ3n) is 4.84. The second-order valence-electron chi connectivity index (χ2n) is 6.80. The van der Waals surface area contributed by atoms with Crippen LogP contribution >= 0.6 is 11.3 Å². The Labute approximate surface area is 175 Å². The molecule has 158 valence electrons. The van der Waals surface area contributed by atoms with Gasteiger partial charge in [-0.15, -0.1) is 11.3 Å². The van der Waals surface area contributed by atoms with E-state index in [9.17, 15) is 13.2 Å². The number of amides is 1. The summed E-state index contributed by atoms with van der Waals surface area (Å²) in [5.41, 5.74) is 0. The SMILES string of the molecule is COc1cccc(OCC(=O)NCCC2CCCCN2S(=O)(=O)c2cccs2)c1. The predicted octanol–water partition coefficient (Wildman–Crippen LogP) is 2.89. The van der Waals surface area contributed by atoms with Crippen LogP contribution in [0.3, 0.4) is 0 Å². The van der Waals surface area contributed by atoms with Crippen LogP contribution in [-0.4, -0.2) is 51.5 Å². The lowest BCUT2D eigenvalue weighted by Crippen LogP contribution is -2.45. The minimum Gasteiger partial charge on any atom is -0.497 e. The second kappa shape index (κ2) is 10.1. The molecule has 7 nitrogen and oxygen atoms in total. The molecule has 1 aromatic carbocycles. The molecule has 0 radical (unpaired) electrons. The fourth-order valence-corrected chi connectivity index (χ4v) is 6.22. The van der Waals surface area contributed by atoms with Crippen molar-refractivity contribution in [2.75, 3.05) is 26.8 Å². The highest BCUT2D eigenvalue weighted by atomic mass is 32.2. The van der Waals surface area contributed by atoms with E-state index < -0.39 is 10.0 Å². The van der Waals surface area contributed by atoms with Gasteiger partial charge in [0.15, 0.2) is 6.61 Å². The first-order valence-electron chi connectivity index (χ1n) is 9.59. The number of carbonyl (C=O) groups excluding carboxylic acids is 1. The Morgan fingerprint density at radius 2 is 2.07 bits per heavy atom. The highest BCUT2D eigenvalue weighted by molar-refractivity contribution is 7.91. The minimum absolute atomic E-state index is 0.101. The lowest BCUT2D eigenvalue weighted by atomic mass is 10.0. The summed E-state index contributed by atoms with van der Waals surface area (Å²) in [5.74, 6) is 0.975. The third-order valence-corrected chi connectivity index (χ3v) is 8.17. The van der Waals surface area contributed by atoms with E-state index in [4.69, 9.17) is 9.47 Å². The molecule has 1 unspecified atom stereocenters. The molecule has 9 heteroatoms. The maximum atomic E-state index is 12.9. The number of piperidine rings is 1. The summed E-state index contributed by atoms with van der Waals surface area (Å²) in [5, 5.41) is 4.59. The Morgan fingerprint density at radius 3 is 2.83 bits per heavy atom. The summed E-state index contributed by atoms with van der Waals surface area (Å²) >= 11 is 1.24. The quantitative estimate of drug-likeness (QED) is 0.651. The lowest BCUT2D eigenvalue weighted by Gasteiger charge is -2.34. The number of carbonyl (C=O) groups is 1. The molecular weight excluding hydrogens is 412 g/mol. The topological polar surface area (TPSA) is 84.9 Å². The summed E-state index contributed by atoms with van der Waals surface area (Å²) in [6.45, 7) is 0.828. The molecule has 0 spiro atoms. The van der Waals surface area contributed by atoms with Gasteiger partial charge in [-0.25, -0.2) is 8.42 Å². The molecule has 0 bridgehead atoms. The Hall–Kier alpha value is -2.10. The van der Waals surface area contributed by atoms with Crippen LogP contribution in [0.2, 0.25) is 0 Å². The van der Waals surface area contributed by atoms with Crippen LogP contribution in [0.5, 0.6) is 11.5 Å². The van der Waals surface area contributed by atoms with Gasteiger partial charge in [0.1, 0.15) is 15.7 Å². The molecule has 1 N–H and O–H groups in total. The molecular formula is C20H26N2O5S2. The summed E-state index contributed by atoms with van der Waals surface area (Å²) in [4.78, 5) is 12.1. The van der Waals surface area contributed by atoms with Gasteiger partial charge in [0.25, 0.3) is 15.9 Å². The minimum atomic E-state index is -3.47. The van der Waals surface area contributed by atoms with E-state index in [1.165, 1.54) is 11.3 Å². The molecule has 1 aromatic heterocycles. The molecule has 1 amide bonds. The molecule has 29 heavy (non-hydrogen) atoms. The number of nitrogens with one attached hydrogen (secondary N) is 1. The number of rotatable bonds is 9. The molecule has 2 aromatic rings. The van der Waals surface area contributed by atoms with Crippen molar-refractivity contribution in [3.8, 4) is 11.5 Å². The Bertz CT molecular complexity index is 899. The Balaban J connectivity index is 1.48. The van der Waals surface area contributed by atoms with Crippen molar-refractivity contribution in [2.24, 2.45) is 0 Å². The second-order valence-corrected chi connectivity index (χ2v) is 9.87. The average molecular weight is 439 g/mol. The lowest BCUT2D eigenvalue weighted by molar-refractivity contribution is -0.123. The van der Waals surface area contributed by atoms with E-state index in [1.54, 1.807) is 53.2 Å². The number of methoxy groups -OCH3 is 1. The third kappa shape index (κ3) is 5.71. The maximum absolute atomic E-state index is 12.9. The standard InChI is InChI=1S/C20H26N2O5S2/c1-26-17-7-4-8-18(14-17)27-15-19(23)21-11-10-16-6-2-3-12-22(16)29(24,25)20-9-5-13-28-20/h4-5,7-9,13-14,16H,2-3,6,10-12,15H2,1H3,(H,21,23). The van der Waals surface area contributed by atoms with Crippen LogP contribution in [0.4, 0.5) is 0 Å². The van der Waals surface area contributed by atoms with Crippen molar-refractivity contribution in [3.05, 3.63) is 41.8 Å². The van der Waals surface area contributed by atoms with Gasteiger partial charge in [-0.1, -0.05) is 18.6 Å². The van der Waals surface area contributed by atoms with Gasteiger partial charge in [0, 0.05) is 25.2 Å². The zero-order valence-corrected chi connectivity index (χ0v) is 18.0. The molecule has 1 aliphatic rings. The number of benzene rings is 1. The van der Waals surface area contributed by atoms with Crippen molar-refractivity contribution < 1.29 is 22.7 Å². The van der Waals surface area contributed by atoms with E-state index in [-0.39, 0.29) is 18.6 Å². The number of sulfonamides is 1. The zero-order valence-electron chi connectivity index (χ0n) is 16.4. The molecule has 3 rings (SSSR count). The average Bonchev–Trinajstić information content (AvgIpc) is 3.28. The van der Waals surface area contributed by atoms with Crippen molar-refractivity contribution in [1.82, 2.24) is 9.62 Å². The molecule has 1 atom stereocenters. The van der Waals surface area contributed by atoms with E-state index in [0.29, 0.717) is 35.2 Å².